The number of benzene rings is 1. The van der Waals surface area contributed by atoms with Crippen LogP contribution in [0.25, 0.3) is 0 Å². The lowest BCUT2D eigenvalue weighted by Crippen LogP contribution is -2.32. The number of nitrogens with zero attached hydrogens (tertiary/aromatic N) is 1. The van der Waals surface area contributed by atoms with Gasteiger partial charge in [-0.2, -0.15) is 0 Å². The lowest BCUT2D eigenvalue weighted by atomic mass is 9.93. The number of hydrogen-bond acceptors (Lipinski definition) is 3. The first-order valence-electron chi connectivity index (χ1n) is 4.95. The van der Waals surface area contributed by atoms with E-state index in [1.54, 1.807) is 12.1 Å². The molecule has 0 unspecified atom stereocenters. The normalized spacial score (nSPS) is 17.7. The Morgan fingerprint density at radius 1 is 1.47 bits per heavy atom. The Morgan fingerprint density at radius 2 is 2.20 bits per heavy atom. The smallest absolute Gasteiger partial charge is 0.276 e. The van der Waals surface area contributed by atoms with E-state index in [4.69, 9.17) is 4.74 Å². The van der Waals surface area contributed by atoms with Crippen LogP contribution in [0.2, 0.25) is 0 Å². The molecule has 80 valence electrons. The highest BCUT2D eigenvalue weighted by Gasteiger charge is 2.30. The second kappa shape index (κ2) is 3.22. The Morgan fingerprint density at radius 3 is 2.87 bits per heavy atom. The van der Waals surface area contributed by atoms with Crippen molar-refractivity contribution in [3.63, 3.8) is 0 Å². The van der Waals surface area contributed by atoms with Crippen LogP contribution in [0.3, 0.4) is 0 Å². The average molecular weight is 207 g/mol. The molecular formula is C11H13NO3. The monoisotopic (exact) mass is 207 g/mol. The Labute approximate surface area is 88.0 Å². The van der Waals surface area contributed by atoms with Gasteiger partial charge in [-0.1, -0.05) is 6.07 Å². The highest BCUT2D eigenvalue weighted by atomic mass is 16.6. The average Bonchev–Trinajstić information content (AvgIpc) is 2.14. The van der Waals surface area contributed by atoms with E-state index in [1.165, 1.54) is 6.07 Å². The maximum absolute atomic E-state index is 10.8. The van der Waals surface area contributed by atoms with Gasteiger partial charge >= 0.3 is 0 Å². The summed E-state index contributed by atoms with van der Waals surface area (Å²) in [5.74, 6) is 0.653. The standard InChI is InChI=1S/C11H13NO3/c1-11(2)7-6-8-9(12(13)14)4-3-5-10(8)15-11/h3-5H,6-7H2,1-2H3. The fourth-order valence-corrected chi connectivity index (χ4v) is 1.85. The zero-order valence-corrected chi connectivity index (χ0v) is 8.82. The minimum Gasteiger partial charge on any atom is -0.487 e. The van der Waals surface area contributed by atoms with E-state index in [-0.39, 0.29) is 16.2 Å². The summed E-state index contributed by atoms with van der Waals surface area (Å²) in [5.41, 5.74) is 0.673. The summed E-state index contributed by atoms with van der Waals surface area (Å²) in [4.78, 5) is 10.4. The summed E-state index contributed by atoms with van der Waals surface area (Å²) >= 11 is 0. The molecule has 1 aromatic carbocycles. The molecule has 0 aromatic heterocycles. The van der Waals surface area contributed by atoms with Crippen molar-refractivity contribution in [2.45, 2.75) is 32.3 Å². The van der Waals surface area contributed by atoms with Gasteiger partial charge in [0.25, 0.3) is 5.69 Å². The molecule has 0 aliphatic carbocycles. The van der Waals surface area contributed by atoms with Crippen molar-refractivity contribution >= 4 is 5.69 Å². The van der Waals surface area contributed by atoms with Gasteiger partial charge in [0.2, 0.25) is 0 Å². The minimum absolute atomic E-state index is 0.169. The molecule has 1 heterocycles. The molecule has 0 amide bonds. The van der Waals surface area contributed by atoms with Crippen molar-refractivity contribution in [1.29, 1.82) is 0 Å². The third-order valence-electron chi connectivity index (χ3n) is 2.67. The molecule has 15 heavy (non-hydrogen) atoms. The molecule has 0 bridgehead atoms. The summed E-state index contributed by atoms with van der Waals surface area (Å²) in [6.07, 6.45) is 1.52. The summed E-state index contributed by atoms with van der Waals surface area (Å²) in [7, 11) is 0. The van der Waals surface area contributed by atoms with E-state index in [0.717, 1.165) is 12.0 Å². The molecular weight excluding hydrogens is 194 g/mol. The summed E-state index contributed by atoms with van der Waals surface area (Å²) in [6.45, 7) is 3.99. The predicted molar refractivity (Wildman–Crippen MR) is 56.1 cm³/mol. The molecule has 0 atom stereocenters. The fourth-order valence-electron chi connectivity index (χ4n) is 1.85. The van der Waals surface area contributed by atoms with Crippen LogP contribution in [-0.2, 0) is 6.42 Å². The van der Waals surface area contributed by atoms with Crippen LogP contribution in [0.4, 0.5) is 5.69 Å². The topological polar surface area (TPSA) is 52.4 Å². The molecule has 2 rings (SSSR count). The fraction of sp³-hybridized carbons (Fsp3) is 0.455. The van der Waals surface area contributed by atoms with Gasteiger partial charge in [0.15, 0.2) is 0 Å². The first-order valence-corrected chi connectivity index (χ1v) is 4.95. The first-order chi connectivity index (χ1) is 6.99. The van der Waals surface area contributed by atoms with Crippen molar-refractivity contribution in [3.8, 4) is 5.75 Å². The number of ether oxygens (including phenoxy) is 1. The molecule has 0 radical (unpaired) electrons. The maximum Gasteiger partial charge on any atom is 0.276 e. The van der Waals surface area contributed by atoms with Gasteiger partial charge in [-0.3, -0.25) is 10.1 Å². The van der Waals surface area contributed by atoms with Crippen LogP contribution in [0, 0.1) is 10.1 Å². The Kier molecular flexibility index (Phi) is 2.14. The van der Waals surface area contributed by atoms with Crippen LogP contribution in [0.5, 0.6) is 5.75 Å². The molecule has 4 nitrogen and oxygen atoms in total. The van der Waals surface area contributed by atoms with Crippen LogP contribution >= 0.6 is 0 Å². The molecule has 0 saturated heterocycles. The molecule has 1 aliphatic rings. The van der Waals surface area contributed by atoms with Crippen LogP contribution in [0.1, 0.15) is 25.8 Å². The third kappa shape index (κ3) is 1.79. The van der Waals surface area contributed by atoms with Gasteiger partial charge in [-0.25, -0.2) is 0 Å². The Bertz CT molecular complexity index is 412. The van der Waals surface area contributed by atoms with Crippen LogP contribution in [-0.4, -0.2) is 10.5 Å². The third-order valence-corrected chi connectivity index (χ3v) is 2.67. The van der Waals surface area contributed by atoms with E-state index in [0.29, 0.717) is 12.2 Å². The van der Waals surface area contributed by atoms with E-state index < -0.39 is 0 Å². The number of hydrogen-bond donors (Lipinski definition) is 0. The molecule has 1 aliphatic heterocycles. The number of rotatable bonds is 1. The van der Waals surface area contributed by atoms with Crippen molar-refractivity contribution < 1.29 is 9.66 Å². The van der Waals surface area contributed by atoms with Crippen molar-refractivity contribution in [2.75, 3.05) is 0 Å². The molecule has 1 aromatic rings. The first kappa shape index (κ1) is 9.96. The maximum atomic E-state index is 10.8. The molecule has 0 saturated carbocycles. The molecule has 0 spiro atoms. The van der Waals surface area contributed by atoms with Gasteiger partial charge in [0.1, 0.15) is 11.4 Å². The Balaban J connectivity index is 2.47. The number of nitro groups is 1. The Hall–Kier alpha value is -1.58. The van der Waals surface area contributed by atoms with Crippen LogP contribution < -0.4 is 4.74 Å². The second-order valence-corrected chi connectivity index (χ2v) is 4.37. The highest BCUT2D eigenvalue weighted by Crippen LogP contribution is 2.37. The van der Waals surface area contributed by atoms with Gasteiger partial charge in [-0.05, 0) is 32.8 Å². The highest BCUT2D eigenvalue weighted by molar-refractivity contribution is 5.50. The van der Waals surface area contributed by atoms with Crippen molar-refractivity contribution in [3.05, 3.63) is 33.9 Å². The van der Waals surface area contributed by atoms with Gasteiger partial charge < -0.3 is 4.74 Å². The predicted octanol–water partition coefficient (Wildman–Crippen LogP) is 2.70. The van der Waals surface area contributed by atoms with Gasteiger partial charge in [0.05, 0.1) is 10.5 Å². The van der Waals surface area contributed by atoms with Crippen molar-refractivity contribution in [2.24, 2.45) is 0 Å². The van der Waals surface area contributed by atoms with Gasteiger partial charge in [-0.15, -0.1) is 0 Å². The number of nitro benzene ring substituents is 1. The summed E-state index contributed by atoms with van der Waals surface area (Å²) in [5, 5.41) is 10.8. The van der Waals surface area contributed by atoms with Gasteiger partial charge in [0, 0.05) is 6.07 Å². The lowest BCUT2D eigenvalue weighted by molar-refractivity contribution is -0.385. The number of fused-ring (bicyclic) bond motifs is 1. The zero-order valence-electron chi connectivity index (χ0n) is 8.82. The van der Waals surface area contributed by atoms with Crippen LogP contribution in [0.15, 0.2) is 18.2 Å². The summed E-state index contributed by atoms with van der Waals surface area (Å²) in [6, 6.07) is 4.99. The molecule has 4 heteroatoms. The van der Waals surface area contributed by atoms with E-state index in [9.17, 15) is 10.1 Å². The molecule has 0 N–H and O–H groups in total. The second-order valence-electron chi connectivity index (χ2n) is 4.37. The van der Waals surface area contributed by atoms with E-state index in [1.807, 2.05) is 13.8 Å². The summed E-state index contributed by atoms with van der Waals surface area (Å²) < 4.78 is 5.71. The SMILES string of the molecule is CC1(C)CCc2c(cccc2[N+](=O)[O-])O1. The largest absolute Gasteiger partial charge is 0.487 e. The zero-order chi connectivity index (χ0) is 11.1. The quantitative estimate of drug-likeness (QED) is 0.525. The van der Waals surface area contributed by atoms with E-state index in [2.05, 4.69) is 0 Å². The van der Waals surface area contributed by atoms with E-state index >= 15 is 0 Å². The lowest BCUT2D eigenvalue weighted by Gasteiger charge is -2.32. The van der Waals surface area contributed by atoms with Crippen molar-refractivity contribution in [1.82, 2.24) is 0 Å². The minimum atomic E-state index is -0.347. The molecule has 0 fully saturated rings.